The SMILES string of the molecule is CCC[C@H]1COC2OC(c3ccccc3)[C@H](C)N(C)C(=O)C21. The fourth-order valence-corrected chi connectivity index (χ4v) is 3.62. The van der Waals surface area contributed by atoms with Crippen molar-refractivity contribution in [3.05, 3.63) is 35.9 Å². The molecule has 4 nitrogen and oxygen atoms in total. The van der Waals surface area contributed by atoms with Crippen molar-refractivity contribution in [3.63, 3.8) is 0 Å². The summed E-state index contributed by atoms with van der Waals surface area (Å²) in [6.07, 6.45) is 1.51. The van der Waals surface area contributed by atoms with Crippen LogP contribution < -0.4 is 0 Å². The van der Waals surface area contributed by atoms with Gasteiger partial charge in [-0.25, -0.2) is 0 Å². The molecule has 0 aliphatic carbocycles. The maximum absolute atomic E-state index is 12.9. The fourth-order valence-electron chi connectivity index (χ4n) is 3.62. The van der Waals surface area contributed by atoms with E-state index in [1.807, 2.05) is 37.1 Å². The molecule has 0 N–H and O–H groups in total. The number of nitrogens with zero attached hydrogens (tertiary/aromatic N) is 1. The van der Waals surface area contributed by atoms with E-state index >= 15 is 0 Å². The van der Waals surface area contributed by atoms with Crippen LogP contribution in [0.1, 0.15) is 38.4 Å². The van der Waals surface area contributed by atoms with Crippen LogP contribution in [0.15, 0.2) is 30.3 Å². The number of carbonyl (C=O) groups is 1. The van der Waals surface area contributed by atoms with Crippen LogP contribution in [0.5, 0.6) is 0 Å². The lowest BCUT2D eigenvalue weighted by Gasteiger charge is -2.30. The van der Waals surface area contributed by atoms with Crippen molar-refractivity contribution in [1.82, 2.24) is 4.90 Å². The fraction of sp³-hybridized carbons (Fsp3) is 0.611. The first kappa shape index (κ1) is 15.5. The molecule has 2 heterocycles. The van der Waals surface area contributed by atoms with Gasteiger partial charge in [-0.2, -0.15) is 0 Å². The van der Waals surface area contributed by atoms with Crippen molar-refractivity contribution in [2.75, 3.05) is 13.7 Å². The Labute approximate surface area is 132 Å². The van der Waals surface area contributed by atoms with Gasteiger partial charge in [-0.15, -0.1) is 0 Å². The summed E-state index contributed by atoms with van der Waals surface area (Å²) in [5.74, 6) is 0.264. The molecule has 4 heteroatoms. The topological polar surface area (TPSA) is 38.8 Å². The second kappa shape index (κ2) is 6.39. The Hall–Kier alpha value is -1.39. The third kappa shape index (κ3) is 2.66. The van der Waals surface area contributed by atoms with E-state index in [4.69, 9.17) is 9.47 Å². The van der Waals surface area contributed by atoms with Crippen LogP contribution in [0.4, 0.5) is 0 Å². The molecule has 3 unspecified atom stereocenters. The molecule has 0 bridgehead atoms. The number of hydrogen-bond acceptors (Lipinski definition) is 3. The van der Waals surface area contributed by atoms with E-state index in [1.165, 1.54) is 0 Å². The maximum atomic E-state index is 12.9. The Morgan fingerprint density at radius 3 is 2.68 bits per heavy atom. The van der Waals surface area contributed by atoms with Gasteiger partial charge in [0.05, 0.1) is 18.6 Å². The predicted molar refractivity (Wildman–Crippen MR) is 84.1 cm³/mol. The predicted octanol–water partition coefficient (Wildman–Crippen LogP) is 2.99. The van der Waals surface area contributed by atoms with Crippen LogP contribution in [0, 0.1) is 11.8 Å². The number of rotatable bonds is 3. The lowest BCUT2D eigenvalue weighted by molar-refractivity contribution is -0.163. The van der Waals surface area contributed by atoms with Crippen LogP contribution >= 0.6 is 0 Å². The number of ether oxygens (including phenoxy) is 2. The van der Waals surface area contributed by atoms with Crippen LogP contribution in [0.2, 0.25) is 0 Å². The van der Waals surface area contributed by atoms with Crippen molar-refractivity contribution in [1.29, 1.82) is 0 Å². The lowest BCUT2D eigenvalue weighted by Crippen LogP contribution is -2.41. The zero-order valence-electron chi connectivity index (χ0n) is 13.6. The molecule has 0 radical (unpaired) electrons. The number of likely N-dealkylation sites (N-methyl/N-ethyl adjacent to an activating group) is 1. The molecule has 5 atom stereocenters. The molecular weight excluding hydrogens is 278 g/mol. The Morgan fingerprint density at radius 1 is 1.27 bits per heavy atom. The van der Waals surface area contributed by atoms with E-state index in [2.05, 4.69) is 19.1 Å². The zero-order valence-corrected chi connectivity index (χ0v) is 13.6. The van der Waals surface area contributed by atoms with E-state index in [1.54, 1.807) is 0 Å². The summed E-state index contributed by atoms with van der Waals surface area (Å²) < 4.78 is 12.1. The first-order chi connectivity index (χ1) is 10.6. The second-order valence-electron chi connectivity index (χ2n) is 6.43. The van der Waals surface area contributed by atoms with Gasteiger partial charge >= 0.3 is 0 Å². The number of fused-ring (bicyclic) bond motifs is 1. The molecule has 0 spiro atoms. The quantitative estimate of drug-likeness (QED) is 0.861. The largest absolute Gasteiger partial charge is 0.351 e. The number of benzene rings is 1. The van der Waals surface area contributed by atoms with Crippen molar-refractivity contribution >= 4 is 5.91 Å². The van der Waals surface area contributed by atoms with Crippen LogP contribution in [-0.4, -0.2) is 36.8 Å². The molecule has 1 amide bonds. The van der Waals surface area contributed by atoms with Crippen molar-refractivity contribution in [3.8, 4) is 0 Å². The minimum Gasteiger partial charge on any atom is -0.351 e. The summed E-state index contributed by atoms with van der Waals surface area (Å²) >= 11 is 0. The molecule has 2 fully saturated rings. The van der Waals surface area contributed by atoms with Crippen LogP contribution in [0.3, 0.4) is 0 Å². The van der Waals surface area contributed by atoms with Gasteiger partial charge in [-0.3, -0.25) is 4.79 Å². The summed E-state index contributed by atoms with van der Waals surface area (Å²) in [7, 11) is 1.88. The van der Waals surface area contributed by atoms with E-state index in [-0.39, 0.29) is 29.9 Å². The Morgan fingerprint density at radius 2 is 2.00 bits per heavy atom. The number of amides is 1. The molecule has 1 aromatic carbocycles. The van der Waals surface area contributed by atoms with Gasteiger partial charge in [-0.1, -0.05) is 43.7 Å². The van der Waals surface area contributed by atoms with Crippen molar-refractivity contribution in [2.45, 2.75) is 45.1 Å². The van der Waals surface area contributed by atoms with Gasteiger partial charge in [0.25, 0.3) is 0 Å². The number of hydrogen-bond donors (Lipinski definition) is 0. The first-order valence-electron chi connectivity index (χ1n) is 8.22. The highest BCUT2D eigenvalue weighted by atomic mass is 16.7. The van der Waals surface area contributed by atoms with Gasteiger partial charge in [0.2, 0.25) is 5.91 Å². The van der Waals surface area contributed by atoms with Crippen LogP contribution in [0.25, 0.3) is 0 Å². The Kier molecular flexibility index (Phi) is 4.50. The van der Waals surface area contributed by atoms with E-state index in [9.17, 15) is 4.79 Å². The average molecular weight is 303 g/mol. The van der Waals surface area contributed by atoms with Crippen molar-refractivity contribution < 1.29 is 14.3 Å². The van der Waals surface area contributed by atoms with Gasteiger partial charge in [-0.05, 0) is 24.8 Å². The average Bonchev–Trinajstić information content (AvgIpc) is 2.90. The lowest BCUT2D eigenvalue weighted by atomic mass is 9.89. The van der Waals surface area contributed by atoms with Gasteiger partial charge in [0, 0.05) is 7.05 Å². The third-order valence-corrected chi connectivity index (χ3v) is 5.03. The smallest absolute Gasteiger partial charge is 0.231 e. The van der Waals surface area contributed by atoms with Crippen LogP contribution in [-0.2, 0) is 14.3 Å². The molecule has 0 aromatic heterocycles. The van der Waals surface area contributed by atoms with Crippen molar-refractivity contribution in [2.24, 2.45) is 11.8 Å². The Bertz CT molecular complexity index is 518. The summed E-state index contributed by atoms with van der Waals surface area (Å²) in [4.78, 5) is 14.7. The molecule has 2 saturated heterocycles. The highest BCUT2D eigenvalue weighted by molar-refractivity contribution is 5.80. The highest BCUT2D eigenvalue weighted by Crippen LogP contribution is 2.40. The molecule has 1 aromatic rings. The third-order valence-electron chi connectivity index (χ3n) is 5.03. The number of carbonyl (C=O) groups excluding carboxylic acids is 1. The van der Waals surface area contributed by atoms with E-state index < -0.39 is 6.29 Å². The minimum atomic E-state index is -0.415. The maximum Gasteiger partial charge on any atom is 0.231 e. The summed E-state index contributed by atoms with van der Waals surface area (Å²) in [5, 5.41) is 0. The normalized spacial score (nSPS) is 35.3. The Balaban J connectivity index is 1.90. The van der Waals surface area contributed by atoms with Gasteiger partial charge in [0.1, 0.15) is 6.10 Å². The highest BCUT2D eigenvalue weighted by Gasteiger charge is 2.49. The van der Waals surface area contributed by atoms with E-state index in [0.717, 1.165) is 18.4 Å². The van der Waals surface area contributed by atoms with Gasteiger partial charge < -0.3 is 14.4 Å². The molecule has 22 heavy (non-hydrogen) atoms. The first-order valence-corrected chi connectivity index (χ1v) is 8.22. The summed E-state index contributed by atoms with van der Waals surface area (Å²) in [6.45, 7) is 4.82. The molecule has 0 saturated carbocycles. The minimum absolute atomic E-state index is 0.00798. The second-order valence-corrected chi connectivity index (χ2v) is 6.43. The molecule has 3 rings (SSSR count). The van der Waals surface area contributed by atoms with E-state index in [0.29, 0.717) is 6.61 Å². The molecule has 2 aliphatic heterocycles. The standard InChI is InChI=1S/C18H25NO3/c1-4-8-14-11-21-18-15(14)17(20)19(3)12(2)16(22-18)13-9-6-5-7-10-13/h5-7,9-10,12,14-16,18H,4,8,11H2,1-3H3/t12-,14-,15?,16?,18?/m0/s1. The molecule has 120 valence electrons. The molecule has 2 aliphatic rings. The molecular formula is C18H25NO3. The monoisotopic (exact) mass is 303 g/mol. The summed E-state index contributed by atoms with van der Waals surface area (Å²) in [6, 6.07) is 10.1. The zero-order chi connectivity index (χ0) is 15.7. The van der Waals surface area contributed by atoms with Gasteiger partial charge in [0.15, 0.2) is 6.29 Å². The summed E-state index contributed by atoms with van der Waals surface area (Å²) in [5.41, 5.74) is 1.10.